The zero-order valence-electron chi connectivity index (χ0n) is 17.9. The molecule has 1 heterocycles. The van der Waals surface area contributed by atoms with Crippen molar-refractivity contribution in [3.8, 4) is 5.75 Å². The van der Waals surface area contributed by atoms with Gasteiger partial charge in [0.25, 0.3) is 0 Å². The van der Waals surface area contributed by atoms with Crippen LogP contribution in [0.3, 0.4) is 0 Å². The van der Waals surface area contributed by atoms with Gasteiger partial charge in [-0.25, -0.2) is 4.79 Å². The summed E-state index contributed by atoms with van der Waals surface area (Å²) >= 11 is 0. The lowest BCUT2D eigenvalue weighted by Gasteiger charge is -2.38. The van der Waals surface area contributed by atoms with Gasteiger partial charge in [-0.3, -0.25) is 9.59 Å². The maximum atomic E-state index is 13.6. The molecular formula is C23H27NO6. The Morgan fingerprint density at radius 1 is 1.20 bits per heavy atom. The fraction of sp³-hybridized carbons (Fsp3) is 0.435. The van der Waals surface area contributed by atoms with E-state index >= 15 is 0 Å². The van der Waals surface area contributed by atoms with Gasteiger partial charge in [0.2, 0.25) is 0 Å². The lowest BCUT2D eigenvalue weighted by Crippen LogP contribution is -2.43. The third kappa shape index (κ3) is 3.60. The molecule has 0 spiro atoms. The van der Waals surface area contributed by atoms with Gasteiger partial charge in [-0.2, -0.15) is 0 Å². The van der Waals surface area contributed by atoms with E-state index in [9.17, 15) is 14.4 Å². The Hall–Kier alpha value is -3.09. The molecule has 0 fully saturated rings. The molecule has 160 valence electrons. The second-order valence-electron chi connectivity index (χ2n) is 7.50. The summed E-state index contributed by atoms with van der Waals surface area (Å²) in [6.07, 6.45) is 0.486. The molecule has 0 saturated heterocycles. The van der Waals surface area contributed by atoms with E-state index in [0.717, 1.165) is 0 Å². The van der Waals surface area contributed by atoms with Crippen LogP contribution in [-0.4, -0.2) is 38.5 Å². The first-order valence-electron chi connectivity index (χ1n) is 9.98. The number of dihydropyridines is 1. The predicted octanol–water partition coefficient (Wildman–Crippen LogP) is 2.87. The molecule has 0 aromatic heterocycles. The topological polar surface area (TPSA) is 90.9 Å². The molecule has 1 N–H and O–H groups in total. The number of esters is 2. The lowest BCUT2D eigenvalue weighted by atomic mass is 9.69. The Balaban J connectivity index is 2.23. The molecule has 1 aromatic carbocycles. The van der Waals surface area contributed by atoms with Crippen molar-refractivity contribution in [3.63, 3.8) is 0 Å². The average molecular weight is 413 g/mol. The van der Waals surface area contributed by atoms with E-state index in [1.165, 1.54) is 14.2 Å². The Morgan fingerprint density at radius 2 is 1.90 bits per heavy atom. The first-order valence-corrected chi connectivity index (χ1v) is 9.98. The van der Waals surface area contributed by atoms with Gasteiger partial charge < -0.3 is 19.5 Å². The van der Waals surface area contributed by atoms with E-state index in [1.54, 1.807) is 19.9 Å². The number of hydrogen-bond donors (Lipinski definition) is 1. The summed E-state index contributed by atoms with van der Waals surface area (Å²) < 4.78 is 15.7. The van der Waals surface area contributed by atoms with Crippen LogP contribution in [0.5, 0.6) is 5.75 Å². The fourth-order valence-electron chi connectivity index (χ4n) is 4.38. The summed E-state index contributed by atoms with van der Waals surface area (Å²) in [5, 5.41) is 3.23. The third-order valence-corrected chi connectivity index (χ3v) is 5.69. The molecule has 0 radical (unpaired) electrons. The lowest BCUT2D eigenvalue weighted by molar-refractivity contribution is -0.151. The second kappa shape index (κ2) is 8.73. The number of allylic oxidation sites excluding steroid dienone is 3. The number of carbonyl (C=O) groups is 3. The van der Waals surface area contributed by atoms with Crippen LogP contribution in [0, 0.1) is 11.8 Å². The third-order valence-electron chi connectivity index (χ3n) is 5.69. The Kier molecular flexibility index (Phi) is 6.29. The zero-order chi connectivity index (χ0) is 22.0. The number of ether oxygens (including phenoxy) is 3. The molecule has 7 nitrogen and oxygen atoms in total. The van der Waals surface area contributed by atoms with Gasteiger partial charge >= 0.3 is 11.9 Å². The Morgan fingerprint density at radius 3 is 2.53 bits per heavy atom. The van der Waals surface area contributed by atoms with E-state index in [0.29, 0.717) is 40.3 Å². The minimum atomic E-state index is -0.922. The summed E-state index contributed by atoms with van der Waals surface area (Å²) in [6.45, 7) is 5.58. The van der Waals surface area contributed by atoms with E-state index in [4.69, 9.17) is 14.2 Å². The van der Waals surface area contributed by atoms with Crippen molar-refractivity contribution in [3.05, 3.63) is 52.4 Å². The van der Waals surface area contributed by atoms with E-state index < -0.39 is 23.8 Å². The molecule has 0 amide bonds. The number of benzene rings is 1. The summed E-state index contributed by atoms with van der Waals surface area (Å²) in [5.74, 6) is -2.72. The number of Topliss-reactive ketones (excluding diaryl/α,β-unsaturated/α-hetero) is 1. The number of para-hydroxylation sites is 1. The highest BCUT2D eigenvalue weighted by atomic mass is 16.5. The number of methoxy groups -OCH3 is 2. The first-order chi connectivity index (χ1) is 14.3. The monoisotopic (exact) mass is 413 g/mol. The zero-order valence-corrected chi connectivity index (χ0v) is 17.9. The van der Waals surface area contributed by atoms with Crippen LogP contribution in [-0.2, 0) is 23.9 Å². The maximum absolute atomic E-state index is 13.6. The summed E-state index contributed by atoms with van der Waals surface area (Å²) in [5.41, 5.74) is 2.74. The van der Waals surface area contributed by atoms with Crippen molar-refractivity contribution in [2.24, 2.45) is 11.8 Å². The molecule has 2 aliphatic rings. The SMILES string of the molecule is CCOC(=O)C1=C(C)NC2=C(C(=O)C(C(=O)OC)C(C)C2)C1c1ccccc1OC. The predicted molar refractivity (Wildman–Crippen MR) is 110 cm³/mol. The molecule has 0 saturated carbocycles. The molecule has 0 bridgehead atoms. The van der Waals surface area contributed by atoms with Gasteiger partial charge in [0.05, 0.1) is 32.3 Å². The number of ketones is 1. The van der Waals surface area contributed by atoms with Gasteiger partial charge in [-0.1, -0.05) is 25.1 Å². The van der Waals surface area contributed by atoms with Crippen LogP contribution in [0.2, 0.25) is 0 Å². The second-order valence-corrected chi connectivity index (χ2v) is 7.50. The average Bonchev–Trinajstić information content (AvgIpc) is 2.72. The highest BCUT2D eigenvalue weighted by molar-refractivity contribution is 6.12. The summed E-state index contributed by atoms with van der Waals surface area (Å²) in [4.78, 5) is 38.9. The van der Waals surface area contributed by atoms with Gasteiger partial charge in [-0.15, -0.1) is 0 Å². The fourth-order valence-corrected chi connectivity index (χ4v) is 4.38. The molecule has 1 aliphatic carbocycles. The smallest absolute Gasteiger partial charge is 0.336 e. The first kappa shape index (κ1) is 21.6. The van der Waals surface area contributed by atoms with Crippen LogP contribution >= 0.6 is 0 Å². The van der Waals surface area contributed by atoms with E-state index in [1.807, 2.05) is 25.1 Å². The van der Waals surface area contributed by atoms with Gasteiger partial charge in [0.1, 0.15) is 11.7 Å². The Labute approximate surface area is 176 Å². The molecule has 30 heavy (non-hydrogen) atoms. The highest BCUT2D eigenvalue weighted by Gasteiger charge is 2.47. The number of carbonyl (C=O) groups excluding carboxylic acids is 3. The van der Waals surface area contributed by atoms with E-state index in [2.05, 4.69) is 5.32 Å². The number of hydrogen-bond acceptors (Lipinski definition) is 7. The minimum Gasteiger partial charge on any atom is -0.496 e. The minimum absolute atomic E-state index is 0.204. The molecule has 3 rings (SSSR count). The van der Waals surface area contributed by atoms with Crippen LogP contribution in [0.15, 0.2) is 46.8 Å². The largest absolute Gasteiger partial charge is 0.496 e. The van der Waals surface area contributed by atoms with Crippen molar-refractivity contribution >= 4 is 17.7 Å². The summed E-state index contributed by atoms with van der Waals surface area (Å²) in [7, 11) is 2.81. The van der Waals surface area contributed by atoms with E-state index in [-0.39, 0.29) is 18.3 Å². The molecule has 1 aromatic rings. The van der Waals surface area contributed by atoms with Crippen LogP contribution in [0.4, 0.5) is 0 Å². The van der Waals surface area contributed by atoms with Crippen molar-refractivity contribution < 1.29 is 28.6 Å². The van der Waals surface area contributed by atoms with Crippen molar-refractivity contribution in [1.29, 1.82) is 0 Å². The van der Waals surface area contributed by atoms with Crippen molar-refractivity contribution in [2.45, 2.75) is 33.1 Å². The summed E-state index contributed by atoms with van der Waals surface area (Å²) in [6, 6.07) is 7.25. The molecule has 3 unspecified atom stereocenters. The normalized spacial score (nSPS) is 23.5. The molecule has 1 aliphatic heterocycles. The molecule has 7 heteroatoms. The number of rotatable bonds is 5. The van der Waals surface area contributed by atoms with Crippen LogP contribution in [0.25, 0.3) is 0 Å². The standard InChI is InChI=1S/C23H27NO6/c1-6-30-23(27)18-13(3)24-15-11-12(2)17(22(26)29-5)21(25)20(15)19(18)14-9-7-8-10-16(14)28-4/h7-10,12,17,19,24H,6,11H2,1-5H3. The van der Waals surface area contributed by atoms with Crippen molar-refractivity contribution in [2.75, 3.05) is 20.8 Å². The van der Waals surface area contributed by atoms with Crippen LogP contribution < -0.4 is 10.1 Å². The van der Waals surface area contributed by atoms with Gasteiger partial charge in [0.15, 0.2) is 5.78 Å². The van der Waals surface area contributed by atoms with Gasteiger partial charge in [-0.05, 0) is 32.3 Å². The van der Waals surface area contributed by atoms with Crippen LogP contribution in [0.1, 0.15) is 38.7 Å². The molecule has 3 atom stereocenters. The van der Waals surface area contributed by atoms with Crippen molar-refractivity contribution in [1.82, 2.24) is 5.32 Å². The number of nitrogens with one attached hydrogen (secondary N) is 1. The highest BCUT2D eigenvalue weighted by Crippen LogP contribution is 2.47. The van der Waals surface area contributed by atoms with Gasteiger partial charge in [0, 0.05) is 22.5 Å². The Bertz CT molecular complexity index is 945. The molecular weight excluding hydrogens is 386 g/mol. The maximum Gasteiger partial charge on any atom is 0.336 e. The quantitative estimate of drug-likeness (QED) is 0.586.